The van der Waals surface area contributed by atoms with Gasteiger partial charge < -0.3 is 24.5 Å². The van der Waals surface area contributed by atoms with Gasteiger partial charge in [-0.2, -0.15) is 12.7 Å². The van der Waals surface area contributed by atoms with E-state index in [4.69, 9.17) is 24.5 Å². The van der Waals surface area contributed by atoms with E-state index < -0.39 is 28.3 Å². The van der Waals surface area contributed by atoms with Crippen molar-refractivity contribution in [3.8, 4) is 11.5 Å². The molecule has 2 heterocycles. The first-order chi connectivity index (χ1) is 19.1. The lowest BCUT2D eigenvalue weighted by Gasteiger charge is -2.28. The molecule has 0 saturated carbocycles. The van der Waals surface area contributed by atoms with Crippen LogP contribution in [0.1, 0.15) is 58.0 Å². The largest absolute Gasteiger partial charge is 0.494 e. The number of carbonyl (C=O) groups is 2. The fourth-order valence-corrected chi connectivity index (χ4v) is 5.24. The summed E-state index contributed by atoms with van der Waals surface area (Å²) in [7, 11) is -2.74. The number of ether oxygens (including phenoxy) is 2. The maximum atomic E-state index is 12.9. The van der Waals surface area contributed by atoms with E-state index in [2.05, 4.69) is 10.3 Å². The summed E-state index contributed by atoms with van der Waals surface area (Å²) in [6, 6.07) is 9.84. The van der Waals surface area contributed by atoms with Crippen molar-refractivity contribution in [1.29, 1.82) is 0 Å². The minimum Gasteiger partial charge on any atom is -0.494 e. The van der Waals surface area contributed by atoms with E-state index in [0.717, 1.165) is 11.1 Å². The topological polar surface area (TPSA) is 176 Å². The van der Waals surface area contributed by atoms with Crippen LogP contribution in [0.15, 0.2) is 42.6 Å². The van der Waals surface area contributed by atoms with Crippen LogP contribution in [0.25, 0.3) is 0 Å². The number of methoxy groups -OCH3 is 1. The van der Waals surface area contributed by atoms with E-state index in [1.807, 2.05) is 19.1 Å². The summed E-state index contributed by atoms with van der Waals surface area (Å²) < 4.78 is 44.4. The van der Waals surface area contributed by atoms with Crippen molar-refractivity contribution in [1.82, 2.24) is 19.3 Å². The van der Waals surface area contributed by atoms with Gasteiger partial charge in [-0.05, 0) is 54.7 Å². The summed E-state index contributed by atoms with van der Waals surface area (Å²) in [4.78, 5) is 22.5. The number of hydrogen-bond acceptors (Lipinski definition) is 10. The number of rotatable bonds is 12. The second-order valence-corrected chi connectivity index (χ2v) is 10.9. The zero-order valence-corrected chi connectivity index (χ0v) is 24.2. The predicted molar refractivity (Wildman–Crippen MR) is 149 cm³/mol. The smallest absolute Gasteiger partial charge is 0.385 e. The number of carboxylic acid groups (broad SMARTS) is 1. The van der Waals surface area contributed by atoms with E-state index in [0.29, 0.717) is 42.9 Å². The number of benzene rings is 2. The Morgan fingerprint density at radius 1 is 1.20 bits per heavy atom. The monoisotopic (exact) mass is 609 g/mol. The van der Waals surface area contributed by atoms with E-state index in [-0.39, 0.29) is 43.4 Å². The molecule has 3 aromatic rings. The Labute approximate surface area is 243 Å². The van der Waals surface area contributed by atoms with Crippen LogP contribution in [0.5, 0.6) is 11.5 Å². The van der Waals surface area contributed by atoms with Crippen molar-refractivity contribution in [2.24, 2.45) is 5.73 Å². The fraction of sp³-hybridized carbons (Fsp3) is 0.385. The van der Waals surface area contributed by atoms with Crippen LogP contribution in [0.2, 0.25) is 0 Å². The average molecular weight is 610 g/mol. The van der Waals surface area contributed by atoms with Gasteiger partial charge in [0.2, 0.25) is 0 Å². The van der Waals surface area contributed by atoms with Crippen molar-refractivity contribution < 1.29 is 36.8 Å². The maximum Gasteiger partial charge on any atom is 0.385 e. The van der Waals surface area contributed by atoms with Crippen molar-refractivity contribution in [3.63, 3.8) is 0 Å². The highest BCUT2D eigenvalue weighted by Crippen LogP contribution is 2.33. The second kappa shape index (κ2) is 13.8. The molecule has 1 aliphatic rings. The third kappa shape index (κ3) is 8.16. The minimum absolute atomic E-state index is 0. The van der Waals surface area contributed by atoms with Gasteiger partial charge in [0.1, 0.15) is 11.5 Å². The number of aryl methyl sites for hydroxylation is 2. The number of nitrogens with two attached hydrogens (primary N) is 1. The van der Waals surface area contributed by atoms with E-state index in [1.54, 1.807) is 24.3 Å². The van der Waals surface area contributed by atoms with E-state index in [9.17, 15) is 18.0 Å². The van der Waals surface area contributed by atoms with Gasteiger partial charge in [0, 0.05) is 31.2 Å². The van der Waals surface area contributed by atoms with E-state index >= 15 is 0 Å². The Balaban J connectivity index is 0.00000462. The third-order valence-electron chi connectivity index (χ3n) is 6.46. The van der Waals surface area contributed by atoms with Crippen LogP contribution in [0.3, 0.4) is 0 Å². The fourth-order valence-electron chi connectivity index (χ4n) is 4.16. The normalized spacial score (nSPS) is 14.7. The summed E-state index contributed by atoms with van der Waals surface area (Å²) >= 11 is 0. The summed E-state index contributed by atoms with van der Waals surface area (Å²) in [6.07, 6.45) is 2.77. The number of halogens is 1. The van der Waals surface area contributed by atoms with E-state index in [1.165, 1.54) is 22.3 Å². The Morgan fingerprint density at radius 2 is 1.98 bits per heavy atom. The molecular weight excluding hydrogens is 578 g/mol. The Hall–Kier alpha value is -3.72. The van der Waals surface area contributed by atoms with Gasteiger partial charge in [-0.15, -0.1) is 17.5 Å². The van der Waals surface area contributed by atoms with Gasteiger partial charge in [0.15, 0.2) is 5.69 Å². The van der Waals surface area contributed by atoms with Crippen LogP contribution in [0.4, 0.5) is 0 Å². The summed E-state index contributed by atoms with van der Waals surface area (Å²) in [6.45, 7) is 2.92. The van der Waals surface area contributed by atoms with Gasteiger partial charge in [0.05, 0.1) is 26.3 Å². The summed E-state index contributed by atoms with van der Waals surface area (Å²) in [5.74, 6) is -0.737. The molecule has 2 aromatic carbocycles. The van der Waals surface area contributed by atoms with Gasteiger partial charge in [0.25, 0.3) is 0 Å². The molecule has 1 atom stereocenters. The quantitative estimate of drug-likeness (QED) is 0.228. The molecule has 15 heteroatoms. The first-order valence-electron chi connectivity index (χ1n) is 12.6. The molecule has 4 rings (SSSR count). The molecule has 0 aliphatic carbocycles. The molecule has 1 unspecified atom stereocenters. The second-order valence-electron chi connectivity index (χ2n) is 9.38. The van der Waals surface area contributed by atoms with Crippen molar-refractivity contribution in [2.45, 2.75) is 51.9 Å². The summed E-state index contributed by atoms with van der Waals surface area (Å²) in [5.41, 5.74) is 9.02. The number of aromatic nitrogens is 3. The number of fused-ring (bicyclic) bond motifs is 1. The minimum atomic E-state index is -4.04. The van der Waals surface area contributed by atoms with Crippen molar-refractivity contribution in [3.05, 3.63) is 70.5 Å². The highest BCUT2D eigenvalue weighted by molar-refractivity contribution is 7.84. The molecule has 0 spiro atoms. The lowest BCUT2D eigenvalue weighted by molar-refractivity contribution is -0.141. The average Bonchev–Trinajstić information content (AvgIpc) is 3.39. The standard InChI is InChI=1S/C26H31N5O8S.ClH/c1-17-5-6-18(22(27)13-25(32)37-2)11-19(17)14-31-15-20-12-21(7-8-24(20)39-40(31,35)36)38-10-4-3-9-30-16-23(26(33)34)28-29-30;/h5-8,11-12,16,22H,3-4,9-10,13-15,27H2,1-2H3,(H,33,34);1H. The zero-order valence-electron chi connectivity index (χ0n) is 22.6. The van der Waals surface area contributed by atoms with Gasteiger partial charge in [-0.3, -0.25) is 9.48 Å². The molecule has 0 fully saturated rings. The predicted octanol–water partition coefficient (Wildman–Crippen LogP) is 2.77. The Bertz CT molecular complexity index is 1500. The first kappa shape index (κ1) is 31.8. The molecule has 41 heavy (non-hydrogen) atoms. The van der Waals surface area contributed by atoms with Crippen LogP contribution >= 0.6 is 12.4 Å². The lowest BCUT2D eigenvalue weighted by Crippen LogP contribution is -2.37. The maximum absolute atomic E-state index is 12.9. The molecule has 0 radical (unpaired) electrons. The summed E-state index contributed by atoms with van der Waals surface area (Å²) in [5, 5.41) is 16.3. The number of carbonyl (C=O) groups excluding carboxylic acids is 1. The Kier molecular flexibility index (Phi) is 10.7. The van der Waals surface area contributed by atoms with Gasteiger partial charge in [-0.25, -0.2) is 4.79 Å². The number of unbranched alkanes of at least 4 members (excludes halogenated alkanes) is 1. The SMILES string of the molecule is COC(=O)CC(N)c1ccc(C)c(CN2Cc3cc(OCCCCn4cc(C(=O)O)nn4)ccc3OS2(=O)=O)c1.Cl. The highest BCUT2D eigenvalue weighted by Gasteiger charge is 2.32. The number of nitrogens with zero attached hydrogens (tertiary/aromatic N) is 4. The van der Waals surface area contributed by atoms with Crippen molar-refractivity contribution >= 4 is 34.6 Å². The molecule has 0 saturated heterocycles. The molecule has 1 aromatic heterocycles. The number of carboxylic acids is 1. The molecule has 0 amide bonds. The van der Waals surface area contributed by atoms with Crippen molar-refractivity contribution in [2.75, 3.05) is 13.7 Å². The van der Waals surface area contributed by atoms with Crippen LogP contribution in [0, 0.1) is 6.92 Å². The van der Waals surface area contributed by atoms with Crippen LogP contribution in [-0.4, -0.2) is 58.5 Å². The molecular formula is C26H32ClN5O8S. The van der Waals surface area contributed by atoms with Gasteiger partial charge >= 0.3 is 22.2 Å². The molecule has 1 aliphatic heterocycles. The highest BCUT2D eigenvalue weighted by atomic mass is 35.5. The van der Waals surface area contributed by atoms with Gasteiger partial charge in [-0.1, -0.05) is 23.4 Å². The Morgan fingerprint density at radius 3 is 2.68 bits per heavy atom. The first-order valence-corrected chi connectivity index (χ1v) is 13.9. The zero-order chi connectivity index (χ0) is 28.9. The van der Waals surface area contributed by atoms with Crippen LogP contribution in [-0.2, 0) is 39.5 Å². The molecule has 13 nitrogen and oxygen atoms in total. The molecule has 222 valence electrons. The number of esters is 1. The third-order valence-corrected chi connectivity index (χ3v) is 7.74. The van der Waals surface area contributed by atoms with Crippen LogP contribution < -0.4 is 14.7 Å². The molecule has 3 N–H and O–H groups in total. The number of aromatic carboxylic acids is 1. The lowest BCUT2D eigenvalue weighted by atomic mass is 9.98. The molecule has 0 bridgehead atoms. The number of hydrogen-bond donors (Lipinski definition) is 2.